The molecular formula is C19H15F3N4OS. The highest BCUT2D eigenvalue weighted by Crippen LogP contribution is 2.39. The van der Waals surface area contributed by atoms with Gasteiger partial charge >= 0.3 is 6.18 Å². The predicted molar refractivity (Wildman–Crippen MR) is 104 cm³/mol. The van der Waals surface area contributed by atoms with Gasteiger partial charge < -0.3 is 10.0 Å². The number of anilines is 2. The zero-order chi connectivity index (χ0) is 20.9. The molecule has 9 heteroatoms. The molecule has 0 amide bonds. The van der Waals surface area contributed by atoms with Crippen molar-refractivity contribution >= 4 is 34.5 Å². The summed E-state index contributed by atoms with van der Waals surface area (Å²) in [6.07, 6.45) is -4.71. The van der Waals surface area contributed by atoms with Crippen LogP contribution >= 0.6 is 12.2 Å². The smallest absolute Gasteiger partial charge is 0.417 e. The first-order chi connectivity index (χ1) is 13.0. The molecule has 0 saturated carbocycles. The van der Waals surface area contributed by atoms with E-state index in [4.69, 9.17) is 22.9 Å². The van der Waals surface area contributed by atoms with E-state index in [1.807, 2.05) is 0 Å². The number of aromatic hydroxyl groups is 1. The van der Waals surface area contributed by atoms with Crippen LogP contribution in [0.1, 0.15) is 25.0 Å². The maximum Gasteiger partial charge on any atom is 0.417 e. The van der Waals surface area contributed by atoms with Gasteiger partial charge in [-0.1, -0.05) is 0 Å². The van der Waals surface area contributed by atoms with Gasteiger partial charge in [-0.3, -0.25) is 10.3 Å². The molecule has 3 rings (SSSR count). The van der Waals surface area contributed by atoms with E-state index in [-0.39, 0.29) is 22.4 Å². The van der Waals surface area contributed by atoms with Crippen LogP contribution in [0.4, 0.5) is 24.5 Å². The maximum absolute atomic E-state index is 13.3. The van der Waals surface area contributed by atoms with Gasteiger partial charge in [-0.15, -0.1) is 0 Å². The zero-order valence-corrected chi connectivity index (χ0v) is 15.7. The summed E-state index contributed by atoms with van der Waals surface area (Å²) in [7, 11) is 0. The quantitative estimate of drug-likeness (QED) is 0.713. The lowest BCUT2D eigenvalue weighted by atomic mass is 10.0. The summed E-state index contributed by atoms with van der Waals surface area (Å²) in [5, 5.41) is 27.1. The number of phenolic OH excluding ortho intramolecular Hbond substituents is 1. The molecule has 2 aromatic carbocycles. The van der Waals surface area contributed by atoms with Crippen molar-refractivity contribution in [1.82, 2.24) is 0 Å². The van der Waals surface area contributed by atoms with Gasteiger partial charge in [-0.05, 0) is 68.5 Å². The van der Waals surface area contributed by atoms with Gasteiger partial charge in [0.15, 0.2) is 5.11 Å². The number of hydrogen-bond acceptors (Lipinski definition) is 4. The van der Waals surface area contributed by atoms with Crippen LogP contribution in [-0.2, 0) is 6.18 Å². The van der Waals surface area contributed by atoms with Crippen LogP contribution in [0.25, 0.3) is 0 Å². The van der Waals surface area contributed by atoms with Gasteiger partial charge in [0, 0.05) is 5.69 Å². The molecule has 0 aliphatic carbocycles. The van der Waals surface area contributed by atoms with Crippen molar-refractivity contribution in [3.63, 3.8) is 0 Å². The van der Waals surface area contributed by atoms with Crippen LogP contribution in [0.2, 0.25) is 0 Å². The number of benzene rings is 2. The summed E-state index contributed by atoms with van der Waals surface area (Å²) >= 11 is 5.48. The second-order valence-corrected chi connectivity index (χ2v) is 7.08. The molecule has 1 aliphatic heterocycles. The fourth-order valence-electron chi connectivity index (χ4n) is 3.09. The molecule has 0 spiro atoms. The standard InChI is InChI=1S/C19H15F3N4OS/c1-18(2)16(24)25(17(28)26(18)12-5-7-14(27)8-6-12)13-4-3-11(10-23)15(9-13)19(20,21)22/h3-9,24,27H,1-2H3. The van der Waals surface area contributed by atoms with Crippen LogP contribution in [0.3, 0.4) is 0 Å². The molecule has 0 bridgehead atoms. The van der Waals surface area contributed by atoms with E-state index in [9.17, 15) is 18.3 Å². The molecule has 0 aromatic heterocycles. The van der Waals surface area contributed by atoms with E-state index in [1.165, 1.54) is 29.2 Å². The topological polar surface area (TPSA) is 74.4 Å². The zero-order valence-electron chi connectivity index (χ0n) is 14.9. The van der Waals surface area contributed by atoms with Gasteiger partial charge in [0.05, 0.1) is 28.4 Å². The van der Waals surface area contributed by atoms with E-state index >= 15 is 0 Å². The molecule has 0 unspecified atom stereocenters. The molecule has 5 nitrogen and oxygen atoms in total. The highest BCUT2D eigenvalue weighted by atomic mass is 32.1. The molecule has 0 atom stereocenters. The Bertz CT molecular complexity index is 1010. The number of hydrogen-bond donors (Lipinski definition) is 2. The van der Waals surface area contributed by atoms with E-state index in [0.717, 1.165) is 12.1 Å². The molecule has 1 heterocycles. The molecule has 2 N–H and O–H groups in total. The van der Waals surface area contributed by atoms with Crippen LogP contribution in [0.5, 0.6) is 5.75 Å². The summed E-state index contributed by atoms with van der Waals surface area (Å²) in [6.45, 7) is 3.45. The Hall–Kier alpha value is -3.12. The predicted octanol–water partition coefficient (Wildman–Crippen LogP) is 4.65. The van der Waals surface area contributed by atoms with Crippen molar-refractivity contribution in [3.8, 4) is 11.8 Å². The largest absolute Gasteiger partial charge is 0.508 e. The van der Waals surface area contributed by atoms with Crippen LogP contribution in [0.15, 0.2) is 42.5 Å². The van der Waals surface area contributed by atoms with Crippen molar-refractivity contribution in [2.24, 2.45) is 0 Å². The van der Waals surface area contributed by atoms with Crippen molar-refractivity contribution in [2.75, 3.05) is 9.80 Å². The number of amidine groups is 1. The Balaban J connectivity index is 2.11. The lowest BCUT2D eigenvalue weighted by Crippen LogP contribution is -2.44. The third-order valence-electron chi connectivity index (χ3n) is 4.54. The number of nitriles is 1. The summed E-state index contributed by atoms with van der Waals surface area (Å²) < 4.78 is 40.0. The number of rotatable bonds is 2. The Kier molecular flexibility index (Phi) is 4.55. The molecule has 28 heavy (non-hydrogen) atoms. The third kappa shape index (κ3) is 3.05. The molecule has 1 saturated heterocycles. The first-order valence-corrected chi connectivity index (χ1v) is 8.53. The number of nitrogens with one attached hydrogen (secondary N) is 1. The average molecular weight is 404 g/mol. The minimum Gasteiger partial charge on any atom is -0.508 e. The molecule has 2 aromatic rings. The molecule has 144 valence electrons. The van der Waals surface area contributed by atoms with Crippen LogP contribution in [-0.4, -0.2) is 21.6 Å². The first kappa shape index (κ1) is 19.6. The third-order valence-corrected chi connectivity index (χ3v) is 4.90. The normalized spacial score (nSPS) is 16.4. The highest BCUT2D eigenvalue weighted by molar-refractivity contribution is 7.81. The second kappa shape index (κ2) is 6.49. The monoisotopic (exact) mass is 404 g/mol. The Labute approximate surface area is 164 Å². The number of alkyl halides is 3. The number of halogens is 3. The van der Waals surface area contributed by atoms with Crippen molar-refractivity contribution < 1.29 is 18.3 Å². The van der Waals surface area contributed by atoms with Crippen LogP contribution in [0, 0.1) is 16.7 Å². The lowest BCUT2D eigenvalue weighted by Gasteiger charge is -2.30. The van der Waals surface area contributed by atoms with E-state index in [0.29, 0.717) is 5.69 Å². The summed E-state index contributed by atoms with van der Waals surface area (Å²) in [6, 6.07) is 10.9. The number of phenols is 1. The summed E-state index contributed by atoms with van der Waals surface area (Å²) in [5.41, 5.74) is -1.88. The Morgan fingerprint density at radius 1 is 1.11 bits per heavy atom. The molecule has 1 fully saturated rings. The summed E-state index contributed by atoms with van der Waals surface area (Å²) in [5.74, 6) is 0.0453. The Morgan fingerprint density at radius 2 is 1.68 bits per heavy atom. The van der Waals surface area contributed by atoms with E-state index in [1.54, 1.807) is 30.9 Å². The average Bonchev–Trinajstić information content (AvgIpc) is 2.79. The second-order valence-electron chi connectivity index (χ2n) is 6.72. The fraction of sp³-hybridized carbons (Fsp3) is 0.211. The fourth-order valence-corrected chi connectivity index (χ4v) is 3.62. The Morgan fingerprint density at radius 3 is 2.21 bits per heavy atom. The van der Waals surface area contributed by atoms with Crippen molar-refractivity contribution in [3.05, 3.63) is 53.6 Å². The van der Waals surface area contributed by atoms with Gasteiger partial charge in [0.1, 0.15) is 11.6 Å². The van der Waals surface area contributed by atoms with Gasteiger partial charge in [-0.25, -0.2) is 0 Å². The van der Waals surface area contributed by atoms with Gasteiger partial charge in [-0.2, -0.15) is 18.4 Å². The van der Waals surface area contributed by atoms with Gasteiger partial charge in [0.2, 0.25) is 0 Å². The lowest BCUT2D eigenvalue weighted by molar-refractivity contribution is -0.137. The molecule has 0 radical (unpaired) electrons. The summed E-state index contributed by atoms with van der Waals surface area (Å²) in [4.78, 5) is 2.88. The first-order valence-electron chi connectivity index (χ1n) is 8.12. The van der Waals surface area contributed by atoms with Gasteiger partial charge in [0.25, 0.3) is 0 Å². The number of nitrogens with zero attached hydrogens (tertiary/aromatic N) is 3. The minimum absolute atomic E-state index is 0.0107. The molecule has 1 aliphatic rings. The van der Waals surface area contributed by atoms with Crippen molar-refractivity contribution in [1.29, 1.82) is 10.7 Å². The van der Waals surface area contributed by atoms with Crippen molar-refractivity contribution in [2.45, 2.75) is 25.6 Å². The number of thiocarbonyl (C=S) groups is 1. The van der Waals surface area contributed by atoms with Crippen LogP contribution < -0.4 is 9.80 Å². The maximum atomic E-state index is 13.3. The van der Waals surface area contributed by atoms with E-state index in [2.05, 4.69) is 0 Å². The minimum atomic E-state index is -4.71. The SMILES string of the molecule is CC1(C)C(=N)N(c2ccc(C#N)c(C(F)(F)F)c2)C(=S)N1c1ccc(O)cc1. The van der Waals surface area contributed by atoms with E-state index < -0.39 is 22.8 Å². The highest BCUT2D eigenvalue weighted by Gasteiger charge is 2.48. The molecular weight excluding hydrogens is 389 g/mol.